The molecule has 0 radical (unpaired) electrons. The number of halogens is 3. The minimum atomic E-state index is -1.86. The van der Waals surface area contributed by atoms with Crippen LogP contribution < -0.4 is 4.74 Å². The van der Waals surface area contributed by atoms with E-state index in [1.165, 1.54) is 7.11 Å². The van der Waals surface area contributed by atoms with Crippen molar-refractivity contribution >= 4 is 40.6 Å². The Balaban J connectivity index is 2.70. The third kappa shape index (κ3) is 4.36. The molecule has 0 fully saturated rings. The van der Waals surface area contributed by atoms with Gasteiger partial charge in [0, 0.05) is 12.0 Å². The van der Waals surface area contributed by atoms with E-state index in [4.69, 9.17) is 39.5 Å². The summed E-state index contributed by atoms with van der Waals surface area (Å²) in [5.41, 5.74) is 0.430. The zero-order valence-electron chi connectivity index (χ0n) is 8.99. The minimum Gasteiger partial charge on any atom is -0.497 e. The number of ketones is 1. The van der Waals surface area contributed by atoms with E-state index in [2.05, 4.69) is 0 Å². The summed E-state index contributed by atoms with van der Waals surface area (Å²) in [4.78, 5) is 11.7. The van der Waals surface area contributed by atoms with Crippen molar-refractivity contribution in [2.75, 3.05) is 7.11 Å². The number of hydrogen-bond acceptors (Lipinski definition) is 3. The molecule has 0 aliphatic heterocycles. The number of aliphatic hydroxyl groups is 1. The molecule has 17 heavy (non-hydrogen) atoms. The van der Waals surface area contributed by atoms with Crippen molar-refractivity contribution in [3.63, 3.8) is 0 Å². The Bertz CT molecular complexity index is 384. The van der Waals surface area contributed by atoms with E-state index in [1.54, 1.807) is 24.3 Å². The highest BCUT2D eigenvalue weighted by Gasteiger charge is 2.32. The van der Waals surface area contributed by atoms with Gasteiger partial charge in [-0.1, -0.05) is 34.8 Å². The van der Waals surface area contributed by atoms with E-state index in [-0.39, 0.29) is 12.2 Å². The van der Waals surface area contributed by atoms with Crippen molar-refractivity contribution in [2.45, 2.75) is 16.3 Å². The summed E-state index contributed by atoms with van der Waals surface area (Å²) in [6, 6.07) is 6.47. The lowest BCUT2D eigenvalue weighted by Gasteiger charge is -2.17. The molecule has 0 aliphatic rings. The molecule has 3 nitrogen and oxygen atoms in total. The van der Waals surface area contributed by atoms with Gasteiger partial charge in [0.2, 0.25) is 3.79 Å². The molecule has 0 saturated heterocycles. The van der Waals surface area contributed by atoms with Crippen LogP contribution in [0.15, 0.2) is 24.3 Å². The van der Waals surface area contributed by atoms with Crippen LogP contribution in [0.25, 0.3) is 0 Å². The van der Waals surface area contributed by atoms with Gasteiger partial charge >= 0.3 is 0 Å². The van der Waals surface area contributed by atoms with Gasteiger partial charge in [0.05, 0.1) is 7.11 Å². The van der Waals surface area contributed by atoms with Gasteiger partial charge in [0.1, 0.15) is 11.9 Å². The second-order valence-electron chi connectivity index (χ2n) is 3.41. The average molecular weight is 298 g/mol. The molecule has 1 aromatic carbocycles. The highest BCUT2D eigenvalue weighted by atomic mass is 35.6. The Morgan fingerprint density at radius 2 is 1.88 bits per heavy atom. The predicted molar refractivity (Wildman–Crippen MR) is 68.2 cm³/mol. The Labute approximate surface area is 114 Å². The van der Waals surface area contributed by atoms with E-state index >= 15 is 0 Å². The first kappa shape index (κ1) is 14.6. The topological polar surface area (TPSA) is 46.5 Å². The molecule has 0 amide bonds. The summed E-state index contributed by atoms with van der Waals surface area (Å²) < 4.78 is 3.10. The zero-order chi connectivity index (χ0) is 13.1. The lowest BCUT2D eigenvalue weighted by Crippen LogP contribution is -2.28. The molecule has 1 rings (SSSR count). The van der Waals surface area contributed by atoms with Gasteiger partial charge in [-0.25, -0.2) is 0 Å². The number of ether oxygens (including phenoxy) is 1. The smallest absolute Gasteiger partial charge is 0.216 e. The van der Waals surface area contributed by atoms with Gasteiger partial charge in [0.15, 0.2) is 5.78 Å². The molecule has 1 atom stereocenters. The summed E-state index contributed by atoms with van der Waals surface area (Å²) in [6.07, 6.45) is -1.58. The van der Waals surface area contributed by atoms with E-state index in [1.807, 2.05) is 0 Å². The Kier molecular flexibility index (Phi) is 5.07. The first-order chi connectivity index (χ1) is 7.84. The highest BCUT2D eigenvalue weighted by molar-refractivity contribution is 6.68. The molecule has 0 spiro atoms. The van der Waals surface area contributed by atoms with E-state index in [0.29, 0.717) is 11.3 Å². The summed E-state index contributed by atoms with van der Waals surface area (Å²) in [5.74, 6) is 0.343. The van der Waals surface area contributed by atoms with Crippen LogP contribution in [-0.4, -0.2) is 27.9 Å². The van der Waals surface area contributed by atoms with E-state index in [0.717, 1.165) is 0 Å². The van der Waals surface area contributed by atoms with Crippen LogP contribution in [0.5, 0.6) is 5.75 Å². The molecule has 1 unspecified atom stereocenters. The maximum atomic E-state index is 11.7. The van der Waals surface area contributed by atoms with Gasteiger partial charge in [-0.3, -0.25) is 4.79 Å². The first-order valence-corrected chi connectivity index (χ1v) is 5.90. The van der Waals surface area contributed by atoms with Gasteiger partial charge in [-0.2, -0.15) is 0 Å². The van der Waals surface area contributed by atoms with Crippen LogP contribution in [-0.2, 0) is 0 Å². The number of Topliss-reactive ketones (excluding diaryl/α,β-unsaturated/α-hetero) is 1. The highest BCUT2D eigenvalue weighted by Crippen LogP contribution is 2.32. The number of carbonyl (C=O) groups excluding carboxylic acids is 1. The van der Waals surface area contributed by atoms with Crippen LogP contribution in [0.3, 0.4) is 0 Å². The zero-order valence-corrected chi connectivity index (χ0v) is 11.3. The molecular weight excluding hydrogens is 286 g/mol. The minimum absolute atomic E-state index is 0.247. The van der Waals surface area contributed by atoms with E-state index < -0.39 is 9.90 Å². The maximum absolute atomic E-state index is 11.7. The van der Waals surface area contributed by atoms with Crippen molar-refractivity contribution in [3.05, 3.63) is 29.8 Å². The van der Waals surface area contributed by atoms with Gasteiger partial charge in [0.25, 0.3) is 0 Å². The number of methoxy groups -OCH3 is 1. The van der Waals surface area contributed by atoms with Crippen molar-refractivity contribution in [1.82, 2.24) is 0 Å². The predicted octanol–water partition coefficient (Wildman–Crippen LogP) is 3.00. The molecule has 0 saturated carbocycles. The summed E-state index contributed by atoms with van der Waals surface area (Å²) in [6.45, 7) is 0. The lowest BCUT2D eigenvalue weighted by molar-refractivity contribution is 0.0884. The van der Waals surface area contributed by atoms with Crippen molar-refractivity contribution in [3.8, 4) is 5.75 Å². The number of alkyl halides is 3. The fraction of sp³-hybridized carbons (Fsp3) is 0.364. The number of hydrogen-bond donors (Lipinski definition) is 1. The van der Waals surface area contributed by atoms with Crippen LogP contribution in [0, 0.1) is 0 Å². The fourth-order valence-electron chi connectivity index (χ4n) is 1.19. The van der Waals surface area contributed by atoms with Gasteiger partial charge < -0.3 is 9.84 Å². The largest absolute Gasteiger partial charge is 0.497 e. The standard InChI is InChI=1S/C11H11Cl3O3/c1-17-8-4-2-7(3-5-8)9(15)6-10(16)11(12,13)14/h2-5,10,16H,6H2,1H3. The van der Waals surface area contributed by atoms with Crippen molar-refractivity contribution in [1.29, 1.82) is 0 Å². The van der Waals surface area contributed by atoms with Crippen LogP contribution in [0.1, 0.15) is 16.8 Å². The van der Waals surface area contributed by atoms with Crippen LogP contribution >= 0.6 is 34.8 Å². The summed E-state index contributed by atoms with van der Waals surface area (Å²) >= 11 is 16.4. The lowest BCUT2D eigenvalue weighted by atomic mass is 10.1. The normalized spacial score (nSPS) is 13.2. The quantitative estimate of drug-likeness (QED) is 0.686. The maximum Gasteiger partial charge on any atom is 0.216 e. The molecule has 0 heterocycles. The average Bonchev–Trinajstić information content (AvgIpc) is 2.27. The molecule has 94 valence electrons. The SMILES string of the molecule is COc1ccc(C(=O)CC(O)C(Cl)(Cl)Cl)cc1. The van der Waals surface area contributed by atoms with Gasteiger partial charge in [-0.05, 0) is 24.3 Å². The number of aliphatic hydroxyl groups excluding tert-OH is 1. The van der Waals surface area contributed by atoms with Crippen LogP contribution in [0.4, 0.5) is 0 Å². The molecule has 6 heteroatoms. The molecule has 0 aromatic heterocycles. The number of benzene rings is 1. The third-order valence-corrected chi connectivity index (χ3v) is 2.92. The molecule has 0 aliphatic carbocycles. The molecule has 1 aromatic rings. The Morgan fingerprint density at radius 1 is 1.35 bits per heavy atom. The second-order valence-corrected chi connectivity index (χ2v) is 5.78. The Morgan fingerprint density at radius 3 is 2.29 bits per heavy atom. The Hall–Kier alpha value is -0.480. The fourth-order valence-corrected chi connectivity index (χ4v) is 1.42. The summed E-state index contributed by atoms with van der Waals surface area (Å²) in [7, 11) is 1.53. The molecular formula is C11H11Cl3O3. The number of rotatable bonds is 4. The first-order valence-electron chi connectivity index (χ1n) is 4.76. The number of carbonyl (C=O) groups is 1. The second kappa shape index (κ2) is 5.91. The molecule has 0 bridgehead atoms. The van der Waals surface area contributed by atoms with Crippen LogP contribution in [0.2, 0.25) is 0 Å². The van der Waals surface area contributed by atoms with Gasteiger partial charge in [-0.15, -0.1) is 0 Å². The molecule has 1 N–H and O–H groups in total. The third-order valence-electron chi connectivity index (χ3n) is 2.17. The van der Waals surface area contributed by atoms with Crippen molar-refractivity contribution in [2.24, 2.45) is 0 Å². The monoisotopic (exact) mass is 296 g/mol. The summed E-state index contributed by atoms with van der Waals surface area (Å²) in [5, 5.41) is 9.48. The van der Waals surface area contributed by atoms with Crippen molar-refractivity contribution < 1.29 is 14.6 Å². The van der Waals surface area contributed by atoms with E-state index in [9.17, 15) is 9.90 Å².